The summed E-state index contributed by atoms with van der Waals surface area (Å²) in [6, 6.07) is 2.94. The number of hydrogen-bond donors (Lipinski definition) is 1. The summed E-state index contributed by atoms with van der Waals surface area (Å²) in [5.41, 5.74) is 5.39. The van der Waals surface area contributed by atoms with Crippen LogP contribution in [-0.2, 0) is 6.42 Å². The van der Waals surface area contributed by atoms with Crippen molar-refractivity contribution in [2.24, 2.45) is 0 Å². The predicted molar refractivity (Wildman–Crippen MR) is 73.3 cm³/mol. The van der Waals surface area contributed by atoms with Crippen molar-refractivity contribution in [1.29, 1.82) is 0 Å². The average molecular weight is 251 g/mol. The van der Waals surface area contributed by atoms with Crippen molar-refractivity contribution < 1.29 is 0 Å². The molecule has 2 nitrogen and oxygen atoms in total. The van der Waals surface area contributed by atoms with E-state index in [0.29, 0.717) is 6.04 Å². The van der Waals surface area contributed by atoms with Crippen LogP contribution in [0, 0.1) is 13.8 Å². The maximum Gasteiger partial charge on any atom is 0.0485 e. The van der Waals surface area contributed by atoms with Gasteiger partial charge in [0.2, 0.25) is 0 Å². The normalized spacial score (nSPS) is 23.2. The van der Waals surface area contributed by atoms with E-state index in [9.17, 15) is 0 Å². The molecule has 0 radical (unpaired) electrons. The first-order chi connectivity index (χ1) is 8.18. The van der Waals surface area contributed by atoms with Crippen molar-refractivity contribution in [3.8, 4) is 0 Å². The summed E-state index contributed by atoms with van der Waals surface area (Å²) >= 11 is 6.40. The molecule has 0 spiro atoms. The van der Waals surface area contributed by atoms with Gasteiger partial charge in [-0.15, -0.1) is 0 Å². The van der Waals surface area contributed by atoms with Gasteiger partial charge in [0.05, 0.1) is 0 Å². The maximum absolute atomic E-state index is 6.40. The quantitative estimate of drug-likeness (QED) is 0.762. The number of rotatable bonds is 0. The van der Waals surface area contributed by atoms with E-state index in [4.69, 9.17) is 11.6 Å². The van der Waals surface area contributed by atoms with Crippen molar-refractivity contribution in [3.63, 3.8) is 0 Å². The molecule has 1 aromatic rings. The van der Waals surface area contributed by atoms with Gasteiger partial charge in [0.1, 0.15) is 0 Å². The van der Waals surface area contributed by atoms with E-state index < -0.39 is 0 Å². The first-order valence-electron chi connectivity index (χ1n) is 6.44. The molecule has 0 amide bonds. The molecule has 3 heteroatoms. The molecular weight excluding hydrogens is 232 g/mol. The number of nitrogens with one attached hydrogen (secondary N) is 1. The largest absolute Gasteiger partial charge is 0.366 e. The molecule has 1 aromatic carbocycles. The highest BCUT2D eigenvalue weighted by Gasteiger charge is 2.30. The Kier molecular flexibility index (Phi) is 2.80. The lowest BCUT2D eigenvalue weighted by atomic mass is 9.90. The number of nitrogens with zero attached hydrogens (tertiary/aromatic N) is 1. The zero-order valence-electron chi connectivity index (χ0n) is 10.5. The molecule has 1 N–H and O–H groups in total. The molecule has 0 saturated carbocycles. The first-order valence-corrected chi connectivity index (χ1v) is 6.82. The summed E-state index contributed by atoms with van der Waals surface area (Å²) in [7, 11) is 0. The maximum atomic E-state index is 6.40. The minimum Gasteiger partial charge on any atom is -0.366 e. The topological polar surface area (TPSA) is 15.3 Å². The smallest absolute Gasteiger partial charge is 0.0485 e. The SMILES string of the molecule is Cc1cc2c(c(C)c1Cl)N1CCNC[C@H]1CC2. The molecule has 1 saturated heterocycles. The van der Waals surface area contributed by atoms with Gasteiger partial charge in [-0.25, -0.2) is 0 Å². The third-order valence-electron chi connectivity index (χ3n) is 4.11. The summed E-state index contributed by atoms with van der Waals surface area (Å²) in [5, 5.41) is 4.43. The van der Waals surface area contributed by atoms with E-state index in [-0.39, 0.29) is 0 Å². The van der Waals surface area contributed by atoms with Crippen LogP contribution in [0.4, 0.5) is 5.69 Å². The Hall–Kier alpha value is -0.730. The van der Waals surface area contributed by atoms with Gasteiger partial charge in [-0.2, -0.15) is 0 Å². The molecule has 17 heavy (non-hydrogen) atoms. The summed E-state index contributed by atoms with van der Waals surface area (Å²) in [4.78, 5) is 2.57. The van der Waals surface area contributed by atoms with Crippen LogP contribution in [0.3, 0.4) is 0 Å². The van der Waals surface area contributed by atoms with E-state index in [2.05, 4.69) is 30.1 Å². The van der Waals surface area contributed by atoms with Crippen LogP contribution >= 0.6 is 11.6 Å². The van der Waals surface area contributed by atoms with E-state index in [1.165, 1.54) is 35.2 Å². The number of fused-ring (bicyclic) bond motifs is 3. The monoisotopic (exact) mass is 250 g/mol. The molecule has 0 unspecified atom stereocenters. The molecule has 3 rings (SSSR count). The number of anilines is 1. The van der Waals surface area contributed by atoms with E-state index in [0.717, 1.165) is 24.7 Å². The highest BCUT2D eigenvalue weighted by Crippen LogP contribution is 2.39. The molecule has 92 valence electrons. The summed E-state index contributed by atoms with van der Waals surface area (Å²) in [5.74, 6) is 0. The lowest BCUT2D eigenvalue weighted by Crippen LogP contribution is -2.53. The fourth-order valence-electron chi connectivity index (χ4n) is 3.26. The number of benzene rings is 1. The zero-order chi connectivity index (χ0) is 12.0. The van der Waals surface area contributed by atoms with Gasteiger partial charge in [-0.1, -0.05) is 17.7 Å². The summed E-state index contributed by atoms with van der Waals surface area (Å²) in [6.07, 6.45) is 2.46. The van der Waals surface area contributed by atoms with Crippen LogP contribution in [0.2, 0.25) is 5.02 Å². The van der Waals surface area contributed by atoms with Crippen molar-refractivity contribution in [2.75, 3.05) is 24.5 Å². The highest BCUT2D eigenvalue weighted by atomic mass is 35.5. The van der Waals surface area contributed by atoms with Crippen molar-refractivity contribution in [3.05, 3.63) is 27.8 Å². The minimum absolute atomic E-state index is 0.661. The molecule has 1 fully saturated rings. The van der Waals surface area contributed by atoms with E-state index in [1.54, 1.807) is 0 Å². The van der Waals surface area contributed by atoms with Gasteiger partial charge in [0, 0.05) is 36.4 Å². The van der Waals surface area contributed by atoms with Gasteiger partial charge >= 0.3 is 0 Å². The second-order valence-corrected chi connectivity index (χ2v) is 5.61. The van der Waals surface area contributed by atoms with Crippen molar-refractivity contribution in [1.82, 2.24) is 5.32 Å². The summed E-state index contributed by atoms with van der Waals surface area (Å²) < 4.78 is 0. The van der Waals surface area contributed by atoms with Crippen molar-refractivity contribution >= 4 is 17.3 Å². The Morgan fingerprint density at radius 3 is 3.06 bits per heavy atom. The Balaban J connectivity index is 2.12. The zero-order valence-corrected chi connectivity index (χ0v) is 11.3. The lowest BCUT2D eigenvalue weighted by Gasteiger charge is -2.43. The molecule has 0 bridgehead atoms. The van der Waals surface area contributed by atoms with Crippen LogP contribution in [-0.4, -0.2) is 25.7 Å². The van der Waals surface area contributed by atoms with E-state index >= 15 is 0 Å². The Morgan fingerprint density at radius 1 is 1.41 bits per heavy atom. The number of halogens is 1. The molecule has 2 aliphatic rings. The van der Waals surface area contributed by atoms with Gasteiger partial charge in [-0.05, 0) is 43.4 Å². The minimum atomic E-state index is 0.661. The summed E-state index contributed by atoms with van der Waals surface area (Å²) in [6.45, 7) is 7.58. The third kappa shape index (κ3) is 1.74. The lowest BCUT2D eigenvalue weighted by molar-refractivity contribution is 0.439. The van der Waals surface area contributed by atoms with E-state index in [1.807, 2.05) is 0 Å². The Bertz CT molecular complexity index is 456. The molecule has 0 aliphatic carbocycles. The molecular formula is C14H19ClN2. The number of hydrogen-bond acceptors (Lipinski definition) is 2. The van der Waals surface area contributed by atoms with Crippen molar-refractivity contribution in [2.45, 2.75) is 32.7 Å². The van der Waals surface area contributed by atoms with Crippen LogP contribution < -0.4 is 10.2 Å². The second kappa shape index (κ2) is 4.18. The highest BCUT2D eigenvalue weighted by molar-refractivity contribution is 6.32. The molecule has 1 atom stereocenters. The van der Waals surface area contributed by atoms with Crippen LogP contribution in [0.5, 0.6) is 0 Å². The molecule has 0 aromatic heterocycles. The fraction of sp³-hybridized carbons (Fsp3) is 0.571. The van der Waals surface area contributed by atoms with Crippen LogP contribution in [0.25, 0.3) is 0 Å². The van der Waals surface area contributed by atoms with Gasteiger partial charge in [0.25, 0.3) is 0 Å². The molecule has 2 aliphatic heterocycles. The van der Waals surface area contributed by atoms with Crippen LogP contribution in [0.15, 0.2) is 6.07 Å². The average Bonchev–Trinajstić information content (AvgIpc) is 2.35. The van der Waals surface area contributed by atoms with Crippen LogP contribution in [0.1, 0.15) is 23.1 Å². The Morgan fingerprint density at radius 2 is 2.24 bits per heavy atom. The third-order valence-corrected chi connectivity index (χ3v) is 4.69. The molecule has 2 heterocycles. The standard InChI is InChI=1S/C14H19ClN2/c1-9-7-11-3-4-12-8-16-5-6-17(12)14(11)10(2)13(9)15/h7,12,16H,3-6,8H2,1-2H3/t12-/m1/s1. The number of piperazine rings is 1. The number of aryl methyl sites for hydroxylation is 2. The van der Waals surface area contributed by atoms with Gasteiger partial charge in [0.15, 0.2) is 0 Å². The van der Waals surface area contributed by atoms with Gasteiger partial charge in [-0.3, -0.25) is 0 Å². The van der Waals surface area contributed by atoms with Gasteiger partial charge < -0.3 is 10.2 Å². The fourth-order valence-corrected chi connectivity index (χ4v) is 3.40. The second-order valence-electron chi connectivity index (χ2n) is 5.23. The first kappa shape index (κ1) is 11.4. The Labute approximate surface area is 108 Å². The predicted octanol–water partition coefficient (Wildman–Crippen LogP) is 2.68.